The van der Waals surface area contributed by atoms with E-state index in [1.807, 2.05) is 32.1 Å². The van der Waals surface area contributed by atoms with Crippen LogP contribution < -0.4 is 4.74 Å². The molecule has 1 aliphatic carbocycles. The maximum absolute atomic E-state index is 12.0. The number of hydrogen-bond donors (Lipinski definition) is 1. The number of fused-ring (bicyclic) bond motifs is 3. The molecule has 2 aliphatic rings. The highest BCUT2D eigenvalue weighted by Crippen LogP contribution is 2.52. The number of esters is 1. The maximum atomic E-state index is 12.0. The Kier molecular flexibility index (Phi) is 11.2. The summed E-state index contributed by atoms with van der Waals surface area (Å²) >= 11 is 0. The molecule has 5 unspecified atom stereocenters. The summed E-state index contributed by atoms with van der Waals surface area (Å²) in [6.07, 6.45) is 8.31. The van der Waals surface area contributed by atoms with Crippen LogP contribution in [0.5, 0.6) is 5.75 Å². The van der Waals surface area contributed by atoms with Gasteiger partial charge in [-0.2, -0.15) is 0 Å². The summed E-state index contributed by atoms with van der Waals surface area (Å²) in [5.41, 5.74) is 2.31. The maximum Gasteiger partial charge on any atom is 0.307 e. The van der Waals surface area contributed by atoms with E-state index in [0.29, 0.717) is 31.6 Å². The smallest absolute Gasteiger partial charge is 0.307 e. The molecule has 37 heavy (non-hydrogen) atoms. The summed E-state index contributed by atoms with van der Waals surface area (Å²) in [6.45, 7) is 3.79. The SMILES string of the molecule is CC#CCC(C)C(O)/C=C/C1CCC2Oc3c(CCCC(=O)OCOCCCO[N+](=O)[O-])cccc3C12. The van der Waals surface area contributed by atoms with Gasteiger partial charge in [0.15, 0.2) is 6.79 Å². The minimum Gasteiger partial charge on any atom is -0.489 e. The average molecular weight is 516 g/mol. The van der Waals surface area contributed by atoms with Crippen molar-refractivity contribution in [3.8, 4) is 17.6 Å². The molecule has 3 rings (SSSR count). The number of aliphatic hydroxyl groups excluding tert-OH is 1. The summed E-state index contributed by atoms with van der Waals surface area (Å²) in [5, 5.41) is 19.7. The third-order valence-corrected chi connectivity index (χ3v) is 6.90. The van der Waals surface area contributed by atoms with Gasteiger partial charge in [0.25, 0.3) is 5.09 Å². The van der Waals surface area contributed by atoms with Crippen LogP contribution in [0.1, 0.15) is 69.4 Å². The van der Waals surface area contributed by atoms with E-state index >= 15 is 0 Å². The predicted molar refractivity (Wildman–Crippen MR) is 136 cm³/mol. The number of benzene rings is 1. The largest absolute Gasteiger partial charge is 0.489 e. The number of carbonyl (C=O) groups excluding carboxylic acids is 1. The molecule has 9 nitrogen and oxygen atoms in total. The van der Waals surface area contributed by atoms with E-state index in [-0.39, 0.29) is 50.3 Å². The molecule has 0 aromatic heterocycles. The minimum atomic E-state index is -0.854. The molecule has 0 bridgehead atoms. The molecule has 1 aromatic rings. The number of hydrogen-bond acceptors (Lipinski definition) is 8. The topological polar surface area (TPSA) is 117 Å². The van der Waals surface area contributed by atoms with Crippen LogP contribution in [-0.4, -0.2) is 48.4 Å². The first-order chi connectivity index (χ1) is 17.9. The third-order valence-electron chi connectivity index (χ3n) is 6.90. The molecule has 9 heteroatoms. The monoisotopic (exact) mass is 515 g/mol. The molecule has 1 saturated carbocycles. The van der Waals surface area contributed by atoms with Gasteiger partial charge in [-0.05, 0) is 56.4 Å². The summed E-state index contributed by atoms with van der Waals surface area (Å²) in [6, 6.07) is 6.23. The van der Waals surface area contributed by atoms with Gasteiger partial charge in [0.2, 0.25) is 0 Å². The van der Waals surface area contributed by atoms with E-state index in [0.717, 1.165) is 24.2 Å². The van der Waals surface area contributed by atoms with Crippen molar-refractivity contribution in [2.24, 2.45) is 11.8 Å². The highest BCUT2D eigenvalue weighted by Gasteiger charge is 2.44. The Labute approximate surface area is 218 Å². The first-order valence-electron chi connectivity index (χ1n) is 13.0. The highest BCUT2D eigenvalue weighted by atomic mass is 16.9. The zero-order valence-electron chi connectivity index (χ0n) is 21.6. The Morgan fingerprint density at radius 2 is 2.16 bits per heavy atom. The van der Waals surface area contributed by atoms with Gasteiger partial charge in [-0.25, -0.2) is 0 Å². The van der Waals surface area contributed by atoms with Gasteiger partial charge in [0.1, 0.15) is 11.9 Å². The van der Waals surface area contributed by atoms with Crippen molar-refractivity contribution in [2.45, 2.75) is 76.9 Å². The van der Waals surface area contributed by atoms with E-state index in [4.69, 9.17) is 14.2 Å². The number of ether oxygens (including phenoxy) is 3. The van der Waals surface area contributed by atoms with Gasteiger partial charge in [-0.3, -0.25) is 4.79 Å². The number of aryl methyl sites for hydroxylation is 1. The molecule has 1 aliphatic heterocycles. The van der Waals surface area contributed by atoms with Crippen LogP contribution in [-0.2, 0) is 25.5 Å². The van der Waals surface area contributed by atoms with E-state index in [9.17, 15) is 20.0 Å². The second-order valence-electron chi connectivity index (χ2n) is 9.55. The molecule has 0 amide bonds. The second-order valence-corrected chi connectivity index (χ2v) is 9.55. The van der Waals surface area contributed by atoms with Crippen LogP contribution in [0, 0.1) is 33.8 Å². The number of nitrogens with zero attached hydrogens (tertiary/aromatic N) is 1. The Hall–Kier alpha value is -3.09. The quantitative estimate of drug-likeness (QED) is 0.0697. The second kappa shape index (κ2) is 14.6. The van der Waals surface area contributed by atoms with Gasteiger partial charge in [0.05, 0.1) is 19.3 Å². The zero-order chi connectivity index (χ0) is 26.6. The van der Waals surface area contributed by atoms with Crippen LogP contribution in [0.25, 0.3) is 0 Å². The highest BCUT2D eigenvalue weighted by molar-refractivity contribution is 5.69. The Balaban J connectivity index is 1.45. The van der Waals surface area contributed by atoms with E-state index in [1.165, 1.54) is 5.56 Å². The lowest BCUT2D eigenvalue weighted by atomic mass is 9.86. The molecule has 1 fully saturated rings. The van der Waals surface area contributed by atoms with Crippen molar-refractivity contribution in [1.29, 1.82) is 0 Å². The van der Waals surface area contributed by atoms with Crippen LogP contribution in [0.2, 0.25) is 0 Å². The average Bonchev–Trinajstić information content (AvgIpc) is 3.45. The van der Waals surface area contributed by atoms with Crippen molar-refractivity contribution in [2.75, 3.05) is 20.0 Å². The lowest BCUT2D eigenvalue weighted by molar-refractivity contribution is -0.757. The molecular weight excluding hydrogens is 478 g/mol. The Morgan fingerprint density at radius 3 is 2.95 bits per heavy atom. The van der Waals surface area contributed by atoms with Crippen molar-refractivity contribution >= 4 is 5.97 Å². The number of rotatable bonds is 15. The minimum absolute atomic E-state index is 0.0565. The lowest BCUT2D eigenvalue weighted by Gasteiger charge is -2.17. The predicted octanol–water partition coefficient (Wildman–Crippen LogP) is 4.35. The van der Waals surface area contributed by atoms with Gasteiger partial charge in [0, 0.05) is 24.3 Å². The molecule has 0 radical (unpaired) electrons. The Morgan fingerprint density at radius 1 is 1.32 bits per heavy atom. The van der Waals surface area contributed by atoms with E-state index in [2.05, 4.69) is 28.8 Å². The molecule has 1 heterocycles. The van der Waals surface area contributed by atoms with Crippen molar-refractivity contribution in [3.05, 3.63) is 51.6 Å². The molecule has 1 N–H and O–H groups in total. The van der Waals surface area contributed by atoms with Crippen molar-refractivity contribution in [3.63, 3.8) is 0 Å². The first-order valence-corrected chi connectivity index (χ1v) is 13.0. The zero-order valence-corrected chi connectivity index (χ0v) is 21.6. The normalized spacial score (nSPS) is 21.3. The number of allylic oxidation sites excluding steroid dienone is 1. The lowest BCUT2D eigenvalue weighted by Crippen LogP contribution is -2.17. The van der Waals surface area contributed by atoms with Crippen LogP contribution in [0.15, 0.2) is 30.4 Å². The molecule has 202 valence electrons. The van der Waals surface area contributed by atoms with Gasteiger partial charge >= 0.3 is 5.97 Å². The number of carbonyl (C=O) groups is 1. The number of para-hydroxylation sites is 1. The summed E-state index contributed by atoms with van der Waals surface area (Å²) < 4.78 is 16.6. The van der Waals surface area contributed by atoms with E-state index < -0.39 is 11.2 Å². The van der Waals surface area contributed by atoms with Gasteiger partial charge in [-0.1, -0.05) is 37.3 Å². The summed E-state index contributed by atoms with van der Waals surface area (Å²) in [7, 11) is 0. The van der Waals surface area contributed by atoms with Gasteiger partial charge in [-0.15, -0.1) is 22.0 Å². The molecule has 0 spiro atoms. The molecule has 1 aromatic carbocycles. The standard InChI is InChI=1S/C28H37NO8/c1-3-4-8-20(2)24(30)15-13-21-14-16-25-27(21)23-11-5-9-22(28(23)37-25)10-6-12-26(31)35-19-34-17-7-18-36-29(32)33/h5,9,11,13,15,20-21,24-25,27,30H,6-8,10,12,14,16-19H2,1-2H3/b15-13+. The number of aliphatic hydroxyl groups is 1. The van der Waals surface area contributed by atoms with Crippen LogP contribution >= 0.6 is 0 Å². The fourth-order valence-electron chi connectivity index (χ4n) is 4.92. The molecular formula is C28H37NO8. The fourth-order valence-corrected chi connectivity index (χ4v) is 4.92. The first kappa shape index (κ1) is 28.5. The van der Waals surface area contributed by atoms with Crippen LogP contribution in [0.4, 0.5) is 0 Å². The van der Waals surface area contributed by atoms with Crippen molar-refractivity contribution < 1.29 is 34.0 Å². The fraction of sp³-hybridized carbons (Fsp3) is 0.607. The van der Waals surface area contributed by atoms with Crippen LogP contribution in [0.3, 0.4) is 0 Å². The van der Waals surface area contributed by atoms with Crippen molar-refractivity contribution in [1.82, 2.24) is 0 Å². The Bertz CT molecular complexity index is 998. The molecule has 0 saturated heterocycles. The molecule has 5 atom stereocenters. The summed E-state index contributed by atoms with van der Waals surface area (Å²) in [4.78, 5) is 26.2. The third kappa shape index (κ3) is 8.48. The van der Waals surface area contributed by atoms with E-state index in [1.54, 1.807) is 0 Å². The van der Waals surface area contributed by atoms with Gasteiger partial charge < -0.3 is 24.2 Å². The summed E-state index contributed by atoms with van der Waals surface area (Å²) in [5.74, 6) is 7.20.